The Bertz CT molecular complexity index is 1460. The van der Waals surface area contributed by atoms with Gasteiger partial charge in [-0.05, 0) is 58.4 Å². The van der Waals surface area contributed by atoms with Gasteiger partial charge >= 0.3 is 0 Å². The number of pyridine rings is 1. The number of rotatable bonds is 4. The number of fused-ring (bicyclic) bond motifs is 2. The Labute approximate surface area is 194 Å². The zero-order valence-corrected chi connectivity index (χ0v) is 19.9. The van der Waals surface area contributed by atoms with Crippen LogP contribution < -0.4 is 0 Å². The summed E-state index contributed by atoms with van der Waals surface area (Å²) in [6.45, 7) is 11.2. The van der Waals surface area contributed by atoms with Crippen LogP contribution in [0.5, 0.6) is 0 Å². The van der Waals surface area contributed by atoms with E-state index in [1.807, 2.05) is 18.4 Å². The Morgan fingerprint density at radius 2 is 1.70 bits per heavy atom. The fraction of sp³-hybridized carbons (Fsp3) is 0.276. The summed E-state index contributed by atoms with van der Waals surface area (Å²) in [5, 5.41) is 3.55. The van der Waals surface area contributed by atoms with Crippen molar-refractivity contribution in [3.05, 3.63) is 78.4 Å². The van der Waals surface area contributed by atoms with Gasteiger partial charge < -0.3 is 4.42 Å². The fourth-order valence-corrected chi connectivity index (χ4v) is 4.55. The van der Waals surface area contributed by atoms with Crippen LogP contribution in [0.25, 0.3) is 44.4 Å². The van der Waals surface area contributed by atoms with Gasteiger partial charge in [0.15, 0.2) is 0 Å². The van der Waals surface area contributed by atoms with Crippen LogP contribution in [0.2, 0.25) is 0 Å². The third-order valence-corrected chi connectivity index (χ3v) is 6.07. The highest BCUT2D eigenvalue weighted by molar-refractivity contribution is 5.94. The zero-order chi connectivity index (χ0) is 23.2. The van der Waals surface area contributed by atoms with E-state index in [1.165, 1.54) is 21.9 Å². The van der Waals surface area contributed by atoms with E-state index in [0.717, 1.165) is 40.0 Å². The third-order valence-electron chi connectivity index (χ3n) is 6.07. The molecule has 0 bridgehead atoms. The molecular formula is C29H29N3O. The molecule has 4 nitrogen and oxygen atoms in total. The summed E-state index contributed by atoms with van der Waals surface area (Å²) in [7, 11) is 0. The van der Waals surface area contributed by atoms with Gasteiger partial charge in [0.1, 0.15) is 17.6 Å². The molecule has 3 aromatic heterocycles. The van der Waals surface area contributed by atoms with Crippen molar-refractivity contribution in [2.45, 2.75) is 46.5 Å². The molecule has 0 N–H and O–H groups in total. The van der Waals surface area contributed by atoms with Crippen LogP contribution in [0.15, 0.2) is 71.7 Å². The van der Waals surface area contributed by atoms with Gasteiger partial charge in [0.25, 0.3) is 0 Å². The maximum absolute atomic E-state index is 5.84. The normalized spacial score (nSPS) is 12.2. The molecule has 0 spiro atoms. The molecule has 0 aliphatic heterocycles. The molecule has 3 heterocycles. The van der Waals surface area contributed by atoms with Gasteiger partial charge in [-0.3, -0.25) is 4.98 Å². The van der Waals surface area contributed by atoms with E-state index in [4.69, 9.17) is 9.40 Å². The predicted octanol–water partition coefficient (Wildman–Crippen LogP) is 7.60. The van der Waals surface area contributed by atoms with E-state index >= 15 is 0 Å². The zero-order valence-electron chi connectivity index (χ0n) is 19.9. The Balaban J connectivity index is 1.68. The summed E-state index contributed by atoms with van der Waals surface area (Å²) in [6, 6.07) is 17.0. The van der Waals surface area contributed by atoms with E-state index in [1.54, 1.807) is 12.5 Å². The average molecular weight is 436 g/mol. The predicted molar refractivity (Wildman–Crippen MR) is 135 cm³/mol. The number of aromatic nitrogens is 3. The van der Waals surface area contributed by atoms with Gasteiger partial charge in [0.2, 0.25) is 0 Å². The van der Waals surface area contributed by atoms with E-state index < -0.39 is 0 Å². The number of hydrogen-bond acceptors (Lipinski definition) is 4. The minimum Gasteiger partial charge on any atom is -0.464 e. The van der Waals surface area contributed by atoms with Crippen LogP contribution in [0, 0.1) is 5.92 Å². The summed E-state index contributed by atoms with van der Waals surface area (Å²) in [4.78, 5) is 14.0. The SMILES string of the molecule is CC(C)Cc1coc2ccnc(-c3cc(-c4cc(C(C)(C)C)c5ccccc5c4)ncn3)c12. The van der Waals surface area contributed by atoms with Crippen molar-refractivity contribution in [1.29, 1.82) is 0 Å². The second-order valence-electron chi connectivity index (χ2n) is 10.2. The highest BCUT2D eigenvalue weighted by atomic mass is 16.3. The van der Waals surface area contributed by atoms with Crippen molar-refractivity contribution in [3.8, 4) is 22.6 Å². The van der Waals surface area contributed by atoms with Crippen molar-refractivity contribution in [2.24, 2.45) is 5.92 Å². The molecule has 0 aliphatic rings. The lowest BCUT2D eigenvalue weighted by Gasteiger charge is -2.22. The number of benzene rings is 2. The first-order chi connectivity index (χ1) is 15.8. The van der Waals surface area contributed by atoms with Crippen LogP contribution in [0.1, 0.15) is 45.7 Å². The molecule has 0 atom stereocenters. The first-order valence-electron chi connectivity index (χ1n) is 11.5. The standard InChI is InChI=1S/C29H29N3O/c1-18(2)12-21-16-33-26-10-11-30-28(27(21)26)25-15-24(31-17-32-25)20-13-19-8-6-7-9-22(19)23(14-20)29(3,4)5/h6-11,13-18H,12H2,1-5H3. The van der Waals surface area contributed by atoms with E-state index in [-0.39, 0.29) is 5.41 Å². The molecule has 0 radical (unpaired) electrons. The van der Waals surface area contributed by atoms with E-state index in [2.05, 4.69) is 81.0 Å². The molecule has 0 aliphatic carbocycles. The van der Waals surface area contributed by atoms with Crippen LogP contribution >= 0.6 is 0 Å². The Kier molecular flexibility index (Phi) is 5.24. The molecule has 2 aromatic carbocycles. The van der Waals surface area contributed by atoms with Crippen LogP contribution in [-0.2, 0) is 11.8 Å². The second kappa shape index (κ2) is 8.11. The largest absolute Gasteiger partial charge is 0.464 e. The molecule has 0 fully saturated rings. The fourth-order valence-electron chi connectivity index (χ4n) is 4.55. The van der Waals surface area contributed by atoms with Gasteiger partial charge in [0, 0.05) is 17.3 Å². The van der Waals surface area contributed by atoms with Crippen LogP contribution in [-0.4, -0.2) is 15.0 Å². The Hall–Kier alpha value is -3.53. The monoisotopic (exact) mass is 435 g/mol. The highest BCUT2D eigenvalue weighted by Crippen LogP contribution is 2.36. The molecule has 4 heteroatoms. The number of furan rings is 1. The summed E-state index contributed by atoms with van der Waals surface area (Å²) in [5.41, 5.74) is 6.97. The molecule has 5 rings (SSSR count). The van der Waals surface area contributed by atoms with Gasteiger partial charge in [-0.1, -0.05) is 58.9 Å². The molecule has 0 saturated carbocycles. The van der Waals surface area contributed by atoms with Gasteiger partial charge in [-0.2, -0.15) is 0 Å². The molecule has 0 saturated heterocycles. The minimum atomic E-state index is 0.0150. The smallest absolute Gasteiger partial charge is 0.137 e. The lowest BCUT2D eigenvalue weighted by atomic mass is 9.82. The maximum Gasteiger partial charge on any atom is 0.137 e. The van der Waals surface area contributed by atoms with Gasteiger partial charge in [-0.15, -0.1) is 0 Å². The molecule has 0 unspecified atom stereocenters. The summed E-state index contributed by atoms with van der Waals surface area (Å²) < 4.78 is 5.84. The first kappa shape index (κ1) is 21.3. The van der Waals surface area contributed by atoms with E-state index in [0.29, 0.717) is 5.92 Å². The Morgan fingerprint density at radius 1 is 0.909 bits per heavy atom. The van der Waals surface area contributed by atoms with Crippen LogP contribution in [0.4, 0.5) is 0 Å². The average Bonchev–Trinajstić information content (AvgIpc) is 3.20. The third kappa shape index (κ3) is 4.02. The lowest BCUT2D eigenvalue weighted by Crippen LogP contribution is -2.12. The minimum absolute atomic E-state index is 0.0150. The first-order valence-corrected chi connectivity index (χ1v) is 11.5. The summed E-state index contributed by atoms with van der Waals surface area (Å²) in [6.07, 6.45) is 6.22. The molecule has 0 amide bonds. The lowest BCUT2D eigenvalue weighted by molar-refractivity contribution is 0.594. The van der Waals surface area contributed by atoms with Crippen molar-refractivity contribution in [3.63, 3.8) is 0 Å². The molecular weight excluding hydrogens is 406 g/mol. The van der Waals surface area contributed by atoms with Crippen molar-refractivity contribution in [2.75, 3.05) is 0 Å². The summed E-state index contributed by atoms with van der Waals surface area (Å²) >= 11 is 0. The second-order valence-corrected chi connectivity index (χ2v) is 10.2. The maximum atomic E-state index is 5.84. The quantitative estimate of drug-likeness (QED) is 0.292. The Morgan fingerprint density at radius 3 is 2.48 bits per heavy atom. The topological polar surface area (TPSA) is 51.8 Å². The highest BCUT2D eigenvalue weighted by Gasteiger charge is 2.20. The number of hydrogen-bond donors (Lipinski definition) is 0. The van der Waals surface area contributed by atoms with Crippen LogP contribution in [0.3, 0.4) is 0 Å². The molecule has 5 aromatic rings. The van der Waals surface area contributed by atoms with Gasteiger partial charge in [0.05, 0.1) is 23.0 Å². The molecule has 166 valence electrons. The number of nitrogens with zero attached hydrogens (tertiary/aromatic N) is 3. The van der Waals surface area contributed by atoms with Crippen molar-refractivity contribution < 1.29 is 4.42 Å². The van der Waals surface area contributed by atoms with Gasteiger partial charge in [-0.25, -0.2) is 9.97 Å². The van der Waals surface area contributed by atoms with E-state index in [9.17, 15) is 0 Å². The summed E-state index contributed by atoms with van der Waals surface area (Å²) in [5.74, 6) is 0.522. The van der Waals surface area contributed by atoms with Crippen molar-refractivity contribution >= 4 is 21.7 Å². The van der Waals surface area contributed by atoms with Crippen molar-refractivity contribution in [1.82, 2.24) is 15.0 Å². The molecule has 33 heavy (non-hydrogen) atoms.